The first kappa shape index (κ1) is 86.3. The summed E-state index contributed by atoms with van der Waals surface area (Å²) in [6, 6.07) is 14.5. The van der Waals surface area contributed by atoms with Gasteiger partial charge in [-0.15, -0.1) is 37.5 Å². The van der Waals surface area contributed by atoms with E-state index in [0.717, 1.165) is 111 Å². The number of piperazine rings is 2. The van der Waals surface area contributed by atoms with Crippen LogP contribution in [-0.2, 0) is 0 Å². The summed E-state index contributed by atoms with van der Waals surface area (Å²) in [5.41, 5.74) is 0. The average Bonchev–Trinajstić information content (AvgIpc) is 3.61. The van der Waals surface area contributed by atoms with Crippen LogP contribution in [0.5, 0.6) is 0 Å². The largest absolute Gasteiger partial charge is 0.317 e. The Morgan fingerprint density at radius 2 is 0.932 bits per heavy atom. The van der Waals surface area contributed by atoms with Gasteiger partial charge >= 0.3 is 0 Å². The number of halogens is 2. The monoisotopic (exact) mass is 1210 g/mol. The molecular weight excluding hydrogens is 1110 g/mol. The number of alkyl halides is 2. The topological polar surface area (TPSA) is 216 Å². The SMILES string of the molecule is C#CCCN1CN(CCC#N)CN(CC#N)C1F.C#CCCN1CN(CCC#N)CN(CCC#N)C1.C#CCN1CCN(CC#N)C(F)C1.C#CCN1CCN(CC#N)CC1.[C-]#[N+]C/C=C/CC.[C-]#[N+]CC(C#N)CC.[C-]#[N+]CCC.[C-]#[N+]CCCCC. The van der Waals surface area contributed by atoms with E-state index in [1.54, 1.807) is 4.90 Å². The summed E-state index contributed by atoms with van der Waals surface area (Å²) in [5, 5.41) is 59.6. The molecule has 3 unspecified atom stereocenters. The van der Waals surface area contributed by atoms with Gasteiger partial charge in [0, 0.05) is 123 Å². The van der Waals surface area contributed by atoms with Gasteiger partial charge in [-0.05, 0) is 25.3 Å². The zero-order valence-electron chi connectivity index (χ0n) is 53.0. The zero-order chi connectivity index (χ0) is 66.7. The minimum Gasteiger partial charge on any atom is -0.317 e. The lowest BCUT2D eigenvalue weighted by Gasteiger charge is -2.43. The van der Waals surface area contributed by atoms with Crippen LogP contribution in [0.4, 0.5) is 8.78 Å². The van der Waals surface area contributed by atoms with E-state index in [0.29, 0.717) is 104 Å². The maximum atomic E-state index is 14.1. The third-order valence-corrected chi connectivity index (χ3v) is 12.5. The first-order valence-corrected chi connectivity index (χ1v) is 29.7. The zero-order valence-corrected chi connectivity index (χ0v) is 53.0. The molecule has 4 saturated heterocycles. The fraction of sp³-hybridized carbons (Fsp3) is 0.677. The first-order chi connectivity index (χ1) is 42.7. The molecule has 21 nitrogen and oxygen atoms in total. The molecule has 88 heavy (non-hydrogen) atoms. The highest BCUT2D eigenvalue weighted by molar-refractivity contribution is 4.94. The van der Waals surface area contributed by atoms with Crippen molar-refractivity contribution in [3.8, 4) is 91.9 Å². The van der Waals surface area contributed by atoms with Crippen molar-refractivity contribution in [2.45, 2.75) is 111 Å². The minimum absolute atomic E-state index is 0.0246. The van der Waals surface area contributed by atoms with Gasteiger partial charge in [0.25, 0.3) is 0 Å². The van der Waals surface area contributed by atoms with Gasteiger partial charge in [-0.1, -0.05) is 52.0 Å². The van der Waals surface area contributed by atoms with Gasteiger partial charge in [-0.2, -0.15) is 36.8 Å². The molecule has 4 aliphatic rings. The van der Waals surface area contributed by atoms with E-state index >= 15 is 0 Å². The van der Waals surface area contributed by atoms with Crippen molar-refractivity contribution in [1.82, 2.24) is 49.0 Å². The molecule has 0 N–H and O–H groups in total. The van der Waals surface area contributed by atoms with Crippen LogP contribution in [0.3, 0.4) is 0 Å². The molecule has 0 spiro atoms. The van der Waals surface area contributed by atoms with Gasteiger partial charge in [0.05, 0.1) is 109 Å². The number of nitriles is 7. The summed E-state index contributed by atoms with van der Waals surface area (Å²) in [7, 11) is 0. The molecule has 0 aliphatic carbocycles. The Kier molecular flexibility index (Phi) is 65.1. The Balaban J connectivity index is -0.000000474. The second kappa shape index (κ2) is 66.4. The molecule has 474 valence electrons. The van der Waals surface area contributed by atoms with E-state index in [1.165, 1.54) is 22.6 Å². The highest BCUT2D eigenvalue weighted by Gasteiger charge is 2.32. The Morgan fingerprint density at radius 3 is 1.32 bits per heavy atom. The third-order valence-electron chi connectivity index (χ3n) is 12.5. The van der Waals surface area contributed by atoms with Crippen LogP contribution in [0.25, 0.3) is 19.4 Å². The Morgan fingerprint density at radius 1 is 0.466 bits per heavy atom. The molecule has 0 bridgehead atoms. The fourth-order valence-electron chi connectivity index (χ4n) is 7.85. The summed E-state index contributed by atoms with van der Waals surface area (Å²) >= 11 is 0. The molecule has 0 aromatic heterocycles. The molecule has 4 aliphatic heterocycles. The Hall–Kier alpha value is -8.17. The first-order valence-electron chi connectivity index (χ1n) is 29.7. The van der Waals surface area contributed by atoms with Gasteiger partial charge in [0.15, 0.2) is 6.30 Å². The van der Waals surface area contributed by atoms with E-state index in [9.17, 15) is 8.78 Å². The van der Waals surface area contributed by atoms with Crippen molar-refractivity contribution in [3.63, 3.8) is 0 Å². The van der Waals surface area contributed by atoms with E-state index < -0.39 is 12.7 Å². The lowest BCUT2D eigenvalue weighted by molar-refractivity contribution is -0.137. The van der Waals surface area contributed by atoms with Gasteiger partial charge in [0.2, 0.25) is 32.6 Å². The second-order valence-corrected chi connectivity index (χ2v) is 19.6. The Bertz CT molecular complexity index is 2380. The number of rotatable bonds is 23. The summed E-state index contributed by atoms with van der Waals surface area (Å²) in [6.07, 6.45) is 31.3. The van der Waals surface area contributed by atoms with Gasteiger partial charge < -0.3 is 19.4 Å². The van der Waals surface area contributed by atoms with Crippen LogP contribution in [0.2, 0.25) is 0 Å². The maximum Gasteiger partial charge on any atom is 0.232 e. The number of hydrogen-bond donors (Lipinski definition) is 0. The molecule has 4 heterocycles. The Labute approximate surface area is 530 Å². The van der Waals surface area contributed by atoms with Crippen LogP contribution < -0.4 is 0 Å². The van der Waals surface area contributed by atoms with Crippen LogP contribution >= 0.6 is 0 Å². The standard InChI is InChI=1S/C13H19N5.C12H16FN5.C9H12FN3.C9H13N3.C6H8N2.C6H11N.C6H9N.C4H7N/c1-2-3-8-16-11-17(9-4-6-14)13-18(12-16)10-5-7-15;1-2-3-8-17-10-16(7-4-5-14)11-18(9-6-15)12(17)13;1-2-4-12-6-7-13(5-3-11)9(10)8-12;1-2-4-11-6-8-12(5-3-10)9-7-11;1-3-6(4-7)5-8-2;2*1-3-4-5-6-7-2;1-3-4-5-2/h1H,3-5,8-13H2;1,12H,3-4,7-11H2;1,9H,4-8H2;1H,4-9H2;6H,3,5H2,1H3;3-6H2,1H3;4-5H,3,6H2,1H3;3-4H2,1H3/b;;;;;;5-4+;. The van der Waals surface area contributed by atoms with Gasteiger partial charge in [0.1, 0.15) is 5.92 Å². The van der Waals surface area contributed by atoms with Crippen molar-refractivity contribution < 1.29 is 8.78 Å². The molecule has 0 saturated carbocycles. The molecule has 0 aromatic carbocycles. The van der Waals surface area contributed by atoms with E-state index in [2.05, 4.69) is 106 Å². The van der Waals surface area contributed by atoms with Gasteiger partial charge in [-0.25, -0.2) is 44.9 Å². The van der Waals surface area contributed by atoms with E-state index in [-0.39, 0.29) is 19.0 Å². The summed E-state index contributed by atoms with van der Waals surface area (Å²) in [5.74, 6) is 10.2. The summed E-state index contributed by atoms with van der Waals surface area (Å²) < 4.78 is 27.3. The fourth-order valence-corrected chi connectivity index (χ4v) is 7.85. The quantitative estimate of drug-likeness (QED) is 0.0239. The lowest BCUT2D eigenvalue weighted by atomic mass is 10.1. The number of hydrogen-bond acceptors (Lipinski definition) is 17. The molecular formula is C65H95F2N21. The average molecular weight is 1210 g/mol. The molecule has 4 fully saturated rings. The van der Waals surface area contributed by atoms with Gasteiger partial charge in [-0.3, -0.25) is 39.2 Å². The minimum atomic E-state index is -1.28. The van der Waals surface area contributed by atoms with Crippen molar-refractivity contribution in [1.29, 1.82) is 36.8 Å². The molecule has 0 radical (unpaired) electrons. The lowest BCUT2D eigenvalue weighted by Crippen LogP contribution is -2.59. The number of terminal acetylenes is 4. The van der Waals surface area contributed by atoms with Crippen molar-refractivity contribution in [3.05, 3.63) is 57.8 Å². The molecule has 23 heteroatoms. The second-order valence-electron chi connectivity index (χ2n) is 19.6. The van der Waals surface area contributed by atoms with Crippen LogP contribution in [0.1, 0.15) is 98.3 Å². The number of nitrogens with zero attached hydrogens (tertiary/aromatic N) is 21. The van der Waals surface area contributed by atoms with Crippen LogP contribution in [-0.4, -0.2) is 232 Å². The third kappa shape index (κ3) is 51.1. The molecule has 0 aromatic rings. The molecule has 3 atom stereocenters. The van der Waals surface area contributed by atoms with Crippen LogP contribution in [0, 0.1) is 161 Å². The number of allylic oxidation sites excluding steroid dienone is 1. The maximum absolute atomic E-state index is 14.1. The highest BCUT2D eigenvalue weighted by atomic mass is 19.1. The predicted octanol–water partition coefficient (Wildman–Crippen LogP) is 7.72. The van der Waals surface area contributed by atoms with E-state index in [1.807, 2.05) is 54.0 Å². The van der Waals surface area contributed by atoms with Crippen molar-refractivity contribution in [2.24, 2.45) is 5.92 Å². The summed E-state index contributed by atoms with van der Waals surface area (Å²) in [4.78, 5) is 32.0. The molecule has 4 rings (SSSR count). The summed E-state index contributed by atoms with van der Waals surface area (Å²) in [6.45, 7) is 50.1. The van der Waals surface area contributed by atoms with Crippen molar-refractivity contribution in [2.75, 3.05) is 171 Å². The molecule has 0 amide bonds. The van der Waals surface area contributed by atoms with E-state index in [4.69, 9.17) is 88.8 Å². The number of unbranched alkanes of at least 4 members (excludes halogenated alkanes) is 2. The predicted molar refractivity (Wildman–Crippen MR) is 342 cm³/mol. The van der Waals surface area contributed by atoms with Crippen molar-refractivity contribution >= 4 is 0 Å². The smallest absolute Gasteiger partial charge is 0.232 e. The highest BCUT2D eigenvalue weighted by Crippen LogP contribution is 2.17. The normalized spacial score (nSPS) is 17.3. The van der Waals surface area contributed by atoms with Crippen LogP contribution in [0.15, 0.2) is 12.2 Å².